The molecule has 5 N–H and O–H groups in total. The number of anilines is 1. The van der Waals surface area contributed by atoms with Crippen molar-refractivity contribution >= 4 is 44.7 Å². The van der Waals surface area contributed by atoms with E-state index in [4.69, 9.17) is 26.7 Å². The minimum atomic E-state index is -4.28. The molecule has 0 bridgehead atoms. The molecule has 196 valence electrons. The van der Waals surface area contributed by atoms with Gasteiger partial charge in [-0.2, -0.15) is 8.42 Å². The third-order valence-corrected chi connectivity index (χ3v) is 8.76. The highest BCUT2D eigenvalue weighted by atomic mass is 35.5. The molecule has 2 aromatic heterocycles. The van der Waals surface area contributed by atoms with Gasteiger partial charge in [-0.25, -0.2) is 15.1 Å². The summed E-state index contributed by atoms with van der Waals surface area (Å²) in [7, 11) is -4.28. The van der Waals surface area contributed by atoms with Gasteiger partial charge in [-0.05, 0) is 60.4 Å². The second-order valence-corrected chi connectivity index (χ2v) is 12.1. The Morgan fingerprint density at radius 1 is 1.30 bits per heavy atom. The van der Waals surface area contributed by atoms with Gasteiger partial charge < -0.3 is 15.7 Å². The number of aliphatic hydroxyl groups is 1. The first-order valence-electron chi connectivity index (χ1n) is 11.6. The van der Waals surface area contributed by atoms with Crippen molar-refractivity contribution in [3.8, 4) is 0 Å². The molecule has 2 unspecified atom stereocenters. The van der Waals surface area contributed by atoms with Gasteiger partial charge in [0.2, 0.25) is 5.78 Å². The Morgan fingerprint density at radius 3 is 2.89 bits per heavy atom. The highest BCUT2D eigenvalue weighted by Gasteiger charge is 2.55. The third kappa shape index (κ3) is 5.02. The van der Waals surface area contributed by atoms with E-state index >= 15 is 0 Å². The lowest BCUT2D eigenvalue weighted by Gasteiger charge is -2.38. The van der Waals surface area contributed by atoms with Crippen LogP contribution in [-0.4, -0.2) is 48.0 Å². The zero-order chi connectivity index (χ0) is 26.4. The topological polar surface area (TPSA) is 162 Å². The standard InChI is InChI=1S/C24H26ClN5O5S2/c25-17-3-2-16-4-7-30(19(16)9-17)11-15-8-20(36-12-15)21(31)18-10-28-14-29-22(18)24(32)6-1-5-23(24,26)13-35-37(27,33)34/h2-3,8-10,12,14,32H,1,4-7,11,13,26H2,(H2,27,33,34). The van der Waals surface area contributed by atoms with E-state index in [0.717, 1.165) is 24.2 Å². The van der Waals surface area contributed by atoms with E-state index in [0.29, 0.717) is 22.9 Å². The third-order valence-electron chi connectivity index (χ3n) is 7.10. The summed E-state index contributed by atoms with van der Waals surface area (Å²) in [5, 5.41) is 19.2. The van der Waals surface area contributed by atoms with Gasteiger partial charge in [0, 0.05) is 30.0 Å². The maximum atomic E-state index is 13.6. The van der Waals surface area contributed by atoms with Gasteiger partial charge in [-0.3, -0.25) is 8.98 Å². The van der Waals surface area contributed by atoms with Crippen LogP contribution in [0.2, 0.25) is 5.02 Å². The van der Waals surface area contributed by atoms with Crippen molar-refractivity contribution < 1.29 is 22.5 Å². The molecule has 2 atom stereocenters. The van der Waals surface area contributed by atoms with Crippen molar-refractivity contribution in [2.45, 2.75) is 43.4 Å². The number of nitrogens with two attached hydrogens (primary N) is 2. The number of ketones is 1. The fourth-order valence-corrected chi connectivity index (χ4v) is 6.59. The smallest absolute Gasteiger partial charge is 0.333 e. The maximum absolute atomic E-state index is 13.6. The Bertz CT molecular complexity index is 1470. The zero-order valence-electron chi connectivity index (χ0n) is 19.8. The molecule has 1 aliphatic carbocycles. The average molecular weight is 564 g/mol. The van der Waals surface area contributed by atoms with Crippen LogP contribution in [0.1, 0.15) is 51.3 Å². The van der Waals surface area contributed by atoms with Gasteiger partial charge in [0.25, 0.3) is 0 Å². The van der Waals surface area contributed by atoms with Crippen molar-refractivity contribution in [2.75, 3.05) is 18.1 Å². The molecule has 1 aromatic carbocycles. The summed E-state index contributed by atoms with van der Waals surface area (Å²) in [6.07, 6.45) is 4.40. The average Bonchev–Trinajstić information content (AvgIpc) is 3.56. The molecule has 0 amide bonds. The molecule has 0 spiro atoms. The van der Waals surface area contributed by atoms with Crippen LogP contribution in [-0.2, 0) is 33.1 Å². The number of rotatable bonds is 8. The normalized spacial score (nSPS) is 23.4. The predicted octanol–water partition coefficient (Wildman–Crippen LogP) is 2.27. The van der Waals surface area contributed by atoms with Crippen LogP contribution in [0.15, 0.2) is 42.2 Å². The van der Waals surface area contributed by atoms with Gasteiger partial charge in [0.1, 0.15) is 11.9 Å². The fourth-order valence-electron chi connectivity index (χ4n) is 5.19. The summed E-state index contributed by atoms with van der Waals surface area (Å²) in [6, 6.07) is 7.71. The number of hydrogen-bond acceptors (Lipinski definition) is 10. The first-order chi connectivity index (χ1) is 17.5. The number of halogens is 1. The molecule has 3 aromatic rings. The van der Waals surface area contributed by atoms with Crippen LogP contribution >= 0.6 is 22.9 Å². The summed E-state index contributed by atoms with van der Waals surface area (Å²) in [5.74, 6) is -0.355. The number of fused-ring (bicyclic) bond motifs is 1. The van der Waals surface area contributed by atoms with Gasteiger partial charge in [0.15, 0.2) is 0 Å². The van der Waals surface area contributed by atoms with Gasteiger partial charge >= 0.3 is 10.3 Å². The van der Waals surface area contributed by atoms with Gasteiger partial charge in [0.05, 0.1) is 28.3 Å². The van der Waals surface area contributed by atoms with Crippen LogP contribution < -0.4 is 15.8 Å². The molecule has 0 radical (unpaired) electrons. The van der Waals surface area contributed by atoms with E-state index in [9.17, 15) is 18.3 Å². The Morgan fingerprint density at radius 2 is 2.11 bits per heavy atom. The molecule has 10 nitrogen and oxygen atoms in total. The van der Waals surface area contributed by atoms with E-state index in [-0.39, 0.29) is 29.9 Å². The Balaban J connectivity index is 1.40. The fraction of sp³-hybridized carbons (Fsp3) is 0.375. The van der Waals surface area contributed by atoms with Crippen molar-refractivity contribution in [3.63, 3.8) is 0 Å². The van der Waals surface area contributed by atoms with E-state index in [1.54, 1.807) is 0 Å². The molecule has 0 saturated heterocycles. The molecule has 3 heterocycles. The molecular formula is C24H26ClN5O5S2. The van der Waals surface area contributed by atoms with Crippen LogP contribution in [0, 0.1) is 0 Å². The highest BCUT2D eigenvalue weighted by Crippen LogP contribution is 2.46. The quantitative estimate of drug-likeness (QED) is 0.349. The number of carbonyl (C=O) groups excluding carboxylic acids is 1. The first-order valence-corrected chi connectivity index (χ1v) is 14.4. The maximum Gasteiger partial charge on any atom is 0.333 e. The van der Waals surface area contributed by atoms with Crippen LogP contribution in [0.3, 0.4) is 0 Å². The largest absolute Gasteiger partial charge is 0.381 e. The number of carbonyl (C=O) groups is 1. The van der Waals surface area contributed by atoms with Gasteiger partial charge in [-0.15, -0.1) is 11.3 Å². The van der Waals surface area contributed by atoms with Gasteiger partial charge in [-0.1, -0.05) is 17.7 Å². The second-order valence-electron chi connectivity index (χ2n) is 9.50. The van der Waals surface area contributed by atoms with Crippen molar-refractivity contribution in [1.82, 2.24) is 9.97 Å². The highest BCUT2D eigenvalue weighted by molar-refractivity contribution is 7.84. The Labute approximate surface area is 223 Å². The number of nitrogens with zero attached hydrogens (tertiary/aromatic N) is 3. The van der Waals surface area contributed by atoms with Crippen molar-refractivity contribution in [3.05, 3.63) is 74.5 Å². The van der Waals surface area contributed by atoms with E-state index in [1.807, 2.05) is 29.6 Å². The molecule has 2 aliphatic rings. The summed E-state index contributed by atoms with van der Waals surface area (Å²) >= 11 is 7.49. The second kappa shape index (κ2) is 9.70. The lowest BCUT2D eigenvalue weighted by Crippen LogP contribution is -2.59. The Kier molecular flexibility index (Phi) is 6.86. The molecule has 13 heteroatoms. The van der Waals surface area contributed by atoms with Crippen LogP contribution in [0.25, 0.3) is 0 Å². The zero-order valence-corrected chi connectivity index (χ0v) is 22.2. The molecule has 37 heavy (non-hydrogen) atoms. The Hall–Kier alpha value is -2.45. The number of benzene rings is 1. The molecule has 5 rings (SSSR count). The molecule has 1 fully saturated rings. The minimum absolute atomic E-state index is 0.0450. The van der Waals surface area contributed by atoms with E-state index in [2.05, 4.69) is 14.9 Å². The summed E-state index contributed by atoms with van der Waals surface area (Å²) in [4.78, 5) is 24.5. The molecular weight excluding hydrogens is 538 g/mol. The predicted molar refractivity (Wildman–Crippen MR) is 140 cm³/mol. The lowest BCUT2D eigenvalue weighted by molar-refractivity contribution is -0.0406. The monoisotopic (exact) mass is 563 g/mol. The lowest BCUT2D eigenvalue weighted by atomic mass is 9.79. The van der Waals surface area contributed by atoms with Crippen LogP contribution in [0.5, 0.6) is 0 Å². The molecule has 1 aliphatic heterocycles. The minimum Gasteiger partial charge on any atom is -0.381 e. The van der Waals surface area contributed by atoms with Crippen LogP contribution in [0.4, 0.5) is 5.69 Å². The van der Waals surface area contributed by atoms with Crippen molar-refractivity contribution in [1.29, 1.82) is 0 Å². The van der Waals surface area contributed by atoms with E-state index in [1.165, 1.54) is 29.4 Å². The summed E-state index contributed by atoms with van der Waals surface area (Å²) in [6.45, 7) is 0.929. The van der Waals surface area contributed by atoms with Crippen molar-refractivity contribution in [2.24, 2.45) is 10.9 Å². The first kappa shape index (κ1) is 26.2. The number of aromatic nitrogens is 2. The summed E-state index contributed by atoms with van der Waals surface area (Å²) in [5.41, 5.74) is 6.56. The van der Waals surface area contributed by atoms with E-state index < -0.39 is 28.1 Å². The summed E-state index contributed by atoms with van der Waals surface area (Å²) < 4.78 is 27.5. The SMILES string of the molecule is NC1(COS(N)(=O)=O)CCCC1(O)c1ncncc1C(=O)c1cc(CN2CCc3ccc(Cl)cc32)cs1. The number of thiophene rings is 1. The number of hydrogen-bond donors (Lipinski definition) is 3. The molecule has 1 saturated carbocycles.